The quantitative estimate of drug-likeness (QED) is 0.919. The van der Waals surface area contributed by atoms with Crippen molar-refractivity contribution in [3.05, 3.63) is 35.1 Å². The third kappa shape index (κ3) is 3.54. The monoisotopic (exact) mass is 288 g/mol. The van der Waals surface area contributed by atoms with Gasteiger partial charge in [-0.1, -0.05) is 16.8 Å². The van der Waals surface area contributed by atoms with Crippen molar-refractivity contribution in [3.8, 4) is 5.75 Å². The van der Waals surface area contributed by atoms with E-state index in [1.807, 2.05) is 0 Å². The summed E-state index contributed by atoms with van der Waals surface area (Å²) in [5.41, 5.74) is 1.57. The summed E-state index contributed by atoms with van der Waals surface area (Å²) in [5.74, 6) is -0.0515. The topological polar surface area (TPSA) is 52.0 Å². The lowest BCUT2D eigenvalue weighted by Gasteiger charge is -2.10. The Morgan fingerprint density at radius 3 is 2.84 bits per heavy atom. The van der Waals surface area contributed by atoms with Gasteiger partial charge in [0, 0.05) is 12.7 Å². The number of hydrogen-bond acceptors (Lipinski definition) is 4. The molecule has 0 aliphatic heterocycles. The first-order valence-corrected chi connectivity index (χ1v) is 5.76. The summed E-state index contributed by atoms with van der Waals surface area (Å²) in [6.07, 6.45) is 1.63. The first kappa shape index (κ1) is 13.5. The SMILES string of the molecule is Cn1nncc1CNc1ccc(OC(F)F)c(Cl)c1. The van der Waals surface area contributed by atoms with Crippen LogP contribution in [0.15, 0.2) is 24.4 Å². The van der Waals surface area contributed by atoms with Crippen LogP contribution in [0.25, 0.3) is 0 Å². The van der Waals surface area contributed by atoms with Crippen LogP contribution < -0.4 is 10.1 Å². The van der Waals surface area contributed by atoms with E-state index in [1.54, 1.807) is 24.0 Å². The van der Waals surface area contributed by atoms with Crippen molar-refractivity contribution < 1.29 is 13.5 Å². The van der Waals surface area contributed by atoms with E-state index in [9.17, 15) is 8.78 Å². The highest BCUT2D eigenvalue weighted by molar-refractivity contribution is 6.32. The Labute approximate surface area is 113 Å². The minimum absolute atomic E-state index is 0.0515. The number of ether oxygens (including phenoxy) is 1. The van der Waals surface area contributed by atoms with E-state index in [0.717, 1.165) is 5.69 Å². The lowest BCUT2D eigenvalue weighted by Crippen LogP contribution is -2.06. The van der Waals surface area contributed by atoms with Crippen molar-refractivity contribution in [3.63, 3.8) is 0 Å². The summed E-state index contributed by atoms with van der Waals surface area (Å²) < 4.78 is 30.0. The van der Waals surface area contributed by atoms with Crippen molar-refractivity contribution in [1.82, 2.24) is 15.0 Å². The molecule has 0 aliphatic rings. The number of benzene rings is 1. The van der Waals surface area contributed by atoms with Crippen molar-refractivity contribution in [2.24, 2.45) is 7.05 Å². The zero-order valence-electron chi connectivity index (χ0n) is 9.98. The van der Waals surface area contributed by atoms with Crippen molar-refractivity contribution >= 4 is 17.3 Å². The zero-order valence-corrected chi connectivity index (χ0v) is 10.7. The molecule has 0 aliphatic carbocycles. The van der Waals surface area contributed by atoms with Crippen LogP contribution in [0.5, 0.6) is 5.75 Å². The molecule has 0 fully saturated rings. The van der Waals surface area contributed by atoms with E-state index in [1.165, 1.54) is 12.1 Å². The first-order chi connectivity index (χ1) is 9.06. The number of aryl methyl sites for hydroxylation is 1. The number of rotatable bonds is 5. The van der Waals surface area contributed by atoms with E-state index in [2.05, 4.69) is 20.4 Å². The Bertz CT molecular complexity index is 561. The molecule has 0 saturated heterocycles. The maximum absolute atomic E-state index is 12.1. The molecule has 1 aromatic heterocycles. The Kier molecular flexibility index (Phi) is 4.16. The van der Waals surface area contributed by atoms with E-state index in [-0.39, 0.29) is 10.8 Å². The molecule has 0 bridgehead atoms. The van der Waals surface area contributed by atoms with Crippen LogP contribution in [0.1, 0.15) is 5.69 Å². The minimum atomic E-state index is -2.89. The van der Waals surface area contributed by atoms with Crippen LogP contribution in [0.3, 0.4) is 0 Å². The summed E-state index contributed by atoms with van der Waals surface area (Å²) in [4.78, 5) is 0. The summed E-state index contributed by atoms with van der Waals surface area (Å²) in [7, 11) is 1.77. The minimum Gasteiger partial charge on any atom is -0.433 e. The van der Waals surface area contributed by atoms with Crippen LogP contribution in [-0.4, -0.2) is 21.6 Å². The molecule has 5 nitrogen and oxygen atoms in total. The van der Waals surface area contributed by atoms with Gasteiger partial charge in [-0.05, 0) is 18.2 Å². The second-order valence-electron chi connectivity index (χ2n) is 3.73. The van der Waals surface area contributed by atoms with Gasteiger partial charge in [0.1, 0.15) is 5.75 Å². The molecule has 1 N–H and O–H groups in total. The van der Waals surface area contributed by atoms with E-state index < -0.39 is 6.61 Å². The number of aromatic nitrogens is 3. The molecule has 2 rings (SSSR count). The number of anilines is 1. The van der Waals surface area contributed by atoms with E-state index in [4.69, 9.17) is 11.6 Å². The van der Waals surface area contributed by atoms with Gasteiger partial charge in [-0.25, -0.2) is 0 Å². The molecular weight excluding hydrogens is 278 g/mol. The Balaban J connectivity index is 2.02. The van der Waals surface area contributed by atoms with Gasteiger partial charge >= 0.3 is 6.61 Å². The molecule has 0 amide bonds. The van der Waals surface area contributed by atoms with Gasteiger partial charge in [0.05, 0.1) is 23.5 Å². The van der Waals surface area contributed by atoms with Gasteiger partial charge in [-0.2, -0.15) is 8.78 Å². The van der Waals surface area contributed by atoms with Crippen LogP contribution >= 0.6 is 11.6 Å². The summed E-state index contributed by atoms with van der Waals surface area (Å²) >= 11 is 5.84. The molecule has 102 valence electrons. The Hall–Kier alpha value is -1.89. The number of hydrogen-bond donors (Lipinski definition) is 1. The Morgan fingerprint density at radius 2 is 2.26 bits per heavy atom. The summed E-state index contributed by atoms with van der Waals surface area (Å²) in [5, 5.41) is 10.7. The smallest absolute Gasteiger partial charge is 0.387 e. The summed E-state index contributed by atoms with van der Waals surface area (Å²) in [6, 6.07) is 4.51. The fourth-order valence-corrected chi connectivity index (χ4v) is 1.69. The second-order valence-corrected chi connectivity index (χ2v) is 4.13. The third-order valence-corrected chi connectivity index (χ3v) is 2.73. The number of alkyl halides is 2. The van der Waals surface area contributed by atoms with Crippen LogP contribution in [0.4, 0.5) is 14.5 Å². The van der Waals surface area contributed by atoms with Gasteiger partial charge in [-0.15, -0.1) is 5.10 Å². The van der Waals surface area contributed by atoms with Gasteiger partial charge in [0.2, 0.25) is 0 Å². The average Bonchev–Trinajstić information content (AvgIpc) is 2.75. The lowest BCUT2D eigenvalue weighted by atomic mass is 10.3. The molecule has 0 saturated carbocycles. The number of halogens is 3. The fourth-order valence-electron chi connectivity index (χ4n) is 1.47. The first-order valence-electron chi connectivity index (χ1n) is 5.38. The van der Waals surface area contributed by atoms with Crippen molar-refractivity contribution in [2.75, 3.05) is 5.32 Å². The van der Waals surface area contributed by atoms with Crippen molar-refractivity contribution in [1.29, 1.82) is 0 Å². The largest absolute Gasteiger partial charge is 0.433 e. The second kappa shape index (κ2) is 5.83. The highest BCUT2D eigenvalue weighted by atomic mass is 35.5. The molecule has 0 atom stereocenters. The maximum atomic E-state index is 12.1. The fraction of sp³-hybridized carbons (Fsp3) is 0.273. The third-order valence-electron chi connectivity index (χ3n) is 2.43. The van der Waals surface area contributed by atoms with Crippen LogP contribution in [0.2, 0.25) is 5.02 Å². The summed E-state index contributed by atoms with van der Waals surface area (Å²) in [6.45, 7) is -2.40. The molecule has 0 unspecified atom stereocenters. The molecule has 2 aromatic rings. The zero-order chi connectivity index (χ0) is 13.8. The van der Waals surface area contributed by atoms with Gasteiger partial charge in [0.25, 0.3) is 0 Å². The van der Waals surface area contributed by atoms with E-state index >= 15 is 0 Å². The Morgan fingerprint density at radius 1 is 1.47 bits per heavy atom. The molecule has 1 heterocycles. The molecule has 8 heteroatoms. The lowest BCUT2D eigenvalue weighted by molar-refractivity contribution is -0.0497. The molecule has 0 spiro atoms. The normalized spacial score (nSPS) is 10.8. The van der Waals surface area contributed by atoms with Gasteiger partial charge in [0.15, 0.2) is 0 Å². The van der Waals surface area contributed by atoms with Crippen LogP contribution in [0, 0.1) is 0 Å². The highest BCUT2D eigenvalue weighted by Crippen LogP contribution is 2.29. The number of nitrogens with zero attached hydrogens (tertiary/aromatic N) is 3. The maximum Gasteiger partial charge on any atom is 0.387 e. The molecular formula is C11H11ClF2N4O. The molecule has 1 aromatic carbocycles. The highest BCUT2D eigenvalue weighted by Gasteiger charge is 2.09. The van der Waals surface area contributed by atoms with Gasteiger partial charge < -0.3 is 10.1 Å². The van der Waals surface area contributed by atoms with E-state index in [0.29, 0.717) is 12.2 Å². The molecule has 19 heavy (non-hydrogen) atoms. The van der Waals surface area contributed by atoms with Gasteiger partial charge in [-0.3, -0.25) is 4.68 Å². The predicted octanol–water partition coefficient (Wildman–Crippen LogP) is 2.68. The van der Waals surface area contributed by atoms with Crippen molar-refractivity contribution in [2.45, 2.75) is 13.2 Å². The number of nitrogens with one attached hydrogen (secondary N) is 1. The average molecular weight is 289 g/mol. The standard InChI is InChI=1S/C11H11ClF2N4O/c1-18-8(6-16-17-18)5-15-7-2-3-10(9(12)4-7)19-11(13)14/h2-4,6,11,15H,5H2,1H3. The molecule has 0 radical (unpaired) electrons. The predicted molar refractivity (Wildman–Crippen MR) is 66.4 cm³/mol. The van der Waals surface area contributed by atoms with Crippen LogP contribution in [-0.2, 0) is 13.6 Å².